The minimum Gasteiger partial charge on any atom is -0.352 e. The average Bonchev–Trinajstić information content (AvgIpc) is 2.60. The summed E-state index contributed by atoms with van der Waals surface area (Å²) in [6.45, 7) is 7.00. The molecular weight excluding hydrogens is 326 g/mol. The van der Waals surface area contributed by atoms with E-state index < -0.39 is 0 Å². The van der Waals surface area contributed by atoms with Gasteiger partial charge in [-0.05, 0) is 49.6 Å². The summed E-state index contributed by atoms with van der Waals surface area (Å²) in [7, 11) is 0. The maximum Gasteiger partial charge on any atom is 0.261 e. The number of rotatable bonds is 5. The minimum absolute atomic E-state index is 0.0792. The molecule has 0 saturated carbocycles. The van der Waals surface area contributed by atoms with E-state index in [1.165, 1.54) is 27.6 Å². The molecule has 26 heavy (non-hydrogen) atoms. The SMILES string of the molecule is Cc1cc(C)c(CNC(=O)CCn2cnc3ccccc3c2=O)c(C)c1. The zero-order valence-electron chi connectivity index (χ0n) is 15.4. The maximum absolute atomic E-state index is 12.4. The van der Waals surface area contributed by atoms with E-state index >= 15 is 0 Å². The molecule has 0 radical (unpaired) electrons. The van der Waals surface area contributed by atoms with Crippen molar-refractivity contribution >= 4 is 16.8 Å². The van der Waals surface area contributed by atoms with Gasteiger partial charge in [-0.3, -0.25) is 14.2 Å². The Balaban J connectivity index is 1.63. The molecule has 0 aliphatic carbocycles. The van der Waals surface area contributed by atoms with Gasteiger partial charge in [0.2, 0.25) is 5.91 Å². The molecule has 5 nitrogen and oxygen atoms in total. The van der Waals surface area contributed by atoms with Crippen molar-refractivity contribution in [2.24, 2.45) is 0 Å². The highest BCUT2D eigenvalue weighted by atomic mass is 16.1. The van der Waals surface area contributed by atoms with E-state index in [1.54, 1.807) is 12.1 Å². The fourth-order valence-electron chi connectivity index (χ4n) is 3.25. The Morgan fingerprint density at radius 1 is 1.12 bits per heavy atom. The van der Waals surface area contributed by atoms with Crippen LogP contribution in [0, 0.1) is 20.8 Å². The summed E-state index contributed by atoms with van der Waals surface area (Å²) in [5.41, 5.74) is 5.28. The normalized spacial score (nSPS) is 10.9. The first-order chi connectivity index (χ1) is 12.5. The van der Waals surface area contributed by atoms with E-state index in [1.807, 2.05) is 12.1 Å². The highest BCUT2D eigenvalue weighted by molar-refractivity contribution is 5.77. The quantitative estimate of drug-likeness (QED) is 0.770. The summed E-state index contributed by atoms with van der Waals surface area (Å²) in [5.74, 6) is -0.0792. The number of amides is 1. The zero-order chi connectivity index (χ0) is 18.7. The minimum atomic E-state index is -0.117. The van der Waals surface area contributed by atoms with Crippen LogP contribution in [0.4, 0.5) is 0 Å². The Kier molecular flexibility index (Phi) is 5.16. The molecule has 1 amide bonds. The van der Waals surface area contributed by atoms with Gasteiger partial charge in [0.15, 0.2) is 0 Å². The third-order valence-electron chi connectivity index (χ3n) is 4.61. The van der Waals surface area contributed by atoms with Gasteiger partial charge in [0.05, 0.1) is 17.2 Å². The standard InChI is InChI=1S/C21H23N3O2/c1-14-10-15(2)18(16(3)11-14)12-22-20(25)8-9-24-13-23-19-7-5-4-6-17(19)21(24)26/h4-7,10-11,13H,8-9,12H2,1-3H3,(H,22,25). The van der Waals surface area contributed by atoms with Crippen molar-refractivity contribution in [1.29, 1.82) is 0 Å². The zero-order valence-corrected chi connectivity index (χ0v) is 15.4. The van der Waals surface area contributed by atoms with Gasteiger partial charge >= 0.3 is 0 Å². The molecule has 0 unspecified atom stereocenters. The number of carbonyl (C=O) groups is 1. The topological polar surface area (TPSA) is 64.0 Å². The molecular formula is C21H23N3O2. The van der Waals surface area contributed by atoms with E-state index in [2.05, 4.69) is 43.2 Å². The number of carbonyl (C=O) groups excluding carboxylic acids is 1. The van der Waals surface area contributed by atoms with Gasteiger partial charge in [-0.25, -0.2) is 4.98 Å². The highest BCUT2D eigenvalue weighted by Gasteiger charge is 2.08. The Hall–Kier alpha value is -2.95. The molecule has 1 aromatic heterocycles. The Morgan fingerprint density at radius 3 is 2.54 bits per heavy atom. The number of hydrogen-bond donors (Lipinski definition) is 1. The van der Waals surface area contributed by atoms with Gasteiger partial charge < -0.3 is 5.32 Å². The van der Waals surface area contributed by atoms with Gasteiger partial charge in [0.1, 0.15) is 0 Å². The summed E-state index contributed by atoms with van der Waals surface area (Å²) in [5, 5.41) is 3.52. The lowest BCUT2D eigenvalue weighted by Gasteiger charge is -2.13. The number of para-hydroxylation sites is 1. The number of aromatic nitrogens is 2. The van der Waals surface area contributed by atoms with Crippen molar-refractivity contribution in [3.8, 4) is 0 Å². The second-order valence-electron chi connectivity index (χ2n) is 6.66. The smallest absolute Gasteiger partial charge is 0.261 e. The molecule has 1 heterocycles. The third kappa shape index (κ3) is 3.82. The second-order valence-corrected chi connectivity index (χ2v) is 6.66. The summed E-state index contributed by atoms with van der Waals surface area (Å²) in [6, 6.07) is 11.5. The first-order valence-electron chi connectivity index (χ1n) is 8.73. The van der Waals surface area contributed by atoms with E-state index in [-0.39, 0.29) is 17.9 Å². The van der Waals surface area contributed by atoms with Crippen LogP contribution in [0.25, 0.3) is 10.9 Å². The third-order valence-corrected chi connectivity index (χ3v) is 4.61. The van der Waals surface area contributed by atoms with Crippen molar-refractivity contribution in [3.63, 3.8) is 0 Å². The Labute approximate surface area is 152 Å². The van der Waals surface area contributed by atoms with Crippen molar-refractivity contribution in [2.75, 3.05) is 0 Å². The molecule has 0 saturated heterocycles. The van der Waals surface area contributed by atoms with Gasteiger partial charge in [0.25, 0.3) is 5.56 Å². The Morgan fingerprint density at radius 2 is 1.81 bits per heavy atom. The van der Waals surface area contributed by atoms with Crippen LogP contribution in [0.1, 0.15) is 28.7 Å². The highest BCUT2D eigenvalue weighted by Crippen LogP contribution is 2.16. The van der Waals surface area contributed by atoms with Crippen molar-refractivity contribution < 1.29 is 4.79 Å². The van der Waals surface area contributed by atoms with Crippen LogP contribution in [0.2, 0.25) is 0 Å². The average molecular weight is 349 g/mol. The largest absolute Gasteiger partial charge is 0.352 e. The molecule has 0 aliphatic rings. The fraction of sp³-hybridized carbons (Fsp3) is 0.286. The number of nitrogens with zero attached hydrogens (tertiary/aromatic N) is 2. The molecule has 0 spiro atoms. The lowest BCUT2D eigenvalue weighted by molar-refractivity contribution is -0.121. The summed E-state index contributed by atoms with van der Waals surface area (Å²) in [4.78, 5) is 28.9. The van der Waals surface area contributed by atoms with Gasteiger partial charge in [0, 0.05) is 19.5 Å². The molecule has 0 fully saturated rings. The van der Waals surface area contributed by atoms with E-state index in [4.69, 9.17) is 0 Å². The van der Waals surface area contributed by atoms with Gasteiger partial charge in [-0.1, -0.05) is 29.8 Å². The molecule has 0 bridgehead atoms. The summed E-state index contributed by atoms with van der Waals surface area (Å²) < 4.78 is 1.49. The number of fused-ring (bicyclic) bond motifs is 1. The summed E-state index contributed by atoms with van der Waals surface area (Å²) in [6.07, 6.45) is 1.75. The molecule has 1 N–H and O–H groups in total. The van der Waals surface area contributed by atoms with Crippen LogP contribution in [0.3, 0.4) is 0 Å². The van der Waals surface area contributed by atoms with E-state index in [0.717, 1.165) is 5.56 Å². The van der Waals surface area contributed by atoms with Crippen molar-refractivity contribution in [2.45, 2.75) is 40.3 Å². The molecule has 3 aromatic rings. The molecule has 5 heteroatoms. The fourth-order valence-corrected chi connectivity index (χ4v) is 3.25. The van der Waals surface area contributed by atoms with Crippen LogP contribution >= 0.6 is 0 Å². The first-order valence-corrected chi connectivity index (χ1v) is 8.73. The number of aryl methyl sites for hydroxylation is 4. The summed E-state index contributed by atoms with van der Waals surface area (Å²) >= 11 is 0. The van der Waals surface area contributed by atoms with E-state index in [0.29, 0.717) is 24.0 Å². The number of hydrogen-bond acceptors (Lipinski definition) is 3. The predicted molar refractivity (Wildman–Crippen MR) is 103 cm³/mol. The molecule has 2 aromatic carbocycles. The van der Waals surface area contributed by atoms with Crippen LogP contribution in [-0.2, 0) is 17.9 Å². The van der Waals surface area contributed by atoms with Crippen LogP contribution < -0.4 is 10.9 Å². The van der Waals surface area contributed by atoms with Crippen molar-refractivity contribution in [3.05, 3.63) is 75.3 Å². The lowest BCUT2D eigenvalue weighted by Crippen LogP contribution is -2.27. The second kappa shape index (κ2) is 7.52. The monoisotopic (exact) mass is 349 g/mol. The van der Waals surface area contributed by atoms with Crippen LogP contribution in [0.15, 0.2) is 47.5 Å². The maximum atomic E-state index is 12.4. The molecule has 134 valence electrons. The Bertz CT molecular complexity index is 998. The van der Waals surface area contributed by atoms with Crippen LogP contribution in [-0.4, -0.2) is 15.5 Å². The molecule has 0 atom stereocenters. The predicted octanol–water partition coefficient (Wildman–Crippen LogP) is 3.03. The van der Waals surface area contributed by atoms with Gasteiger partial charge in [-0.2, -0.15) is 0 Å². The molecule has 0 aliphatic heterocycles. The van der Waals surface area contributed by atoms with E-state index in [9.17, 15) is 9.59 Å². The first kappa shape index (κ1) is 17.9. The van der Waals surface area contributed by atoms with Gasteiger partial charge in [-0.15, -0.1) is 0 Å². The lowest BCUT2D eigenvalue weighted by atomic mass is 10.00. The number of benzene rings is 2. The van der Waals surface area contributed by atoms with Crippen molar-refractivity contribution in [1.82, 2.24) is 14.9 Å². The van der Waals surface area contributed by atoms with Crippen LogP contribution in [0.5, 0.6) is 0 Å². The number of nitrogens with one attached hydrogen (secondary N) is 1. The molecule has 3 rings (SSSR count).